The molecule has 1 fully saturated rings. The van der Waals surface area contributed by atoms with Gasteiger partial charge in [-0.2, -0.15) is 0 Å². The maximum Gasteiger partial charge on any atom is 0.236 e. The highest BCUT2D eigenvalue weighted by Crippen LogP contribution is 2.19. The quantitative estimate of drug-likeness (QED) is 0.859. The highest BCUT2D eigenvalue weighted by molar-refractivity contribution is 6.30. The average molecular weight is 282 g/mol. The lowest BCUT2D eigenvalue weighted by molar-refractivity contribution is -0.131. The lowest BCUT2D eigenvalue weighted by Gasteiger charge is -2.21. The Morgan fingerprint density at radius 3 is 2.74 bits per heavy atom. The zero-order valence-corrected chi connectivity index (χ0v) is 12.0. The van der Waals surface area contributed by atoms with Crippen molar-refractivity contribution in [1.29, 1.82) is 0 Å². The molecule has 4 nitrogen and oxygen atoms in total. The van der Waals surface area contributed by atoms with E-state index in [4.69, 9.17) is 17.3 Å². The van der Waals surface area contributed by atoms with Gasteiger partial charge in [0, 0.05) is 30.3 Å². The molecule has 1 aromatic carbocycles. The summed E-state index contributed by atoms with van der Waals surface area (Å²) in [6.45, 7) is 2.89. The van der Waals surface area contributed by atoms with E-state index in [0.717, 1.165) is 31.5 Å². The van der Waals surface area contributed by atoms with Gasteiger partial charge in [-0.1, -0.05) is 17.7 Å². The molecular weight excluding hydrogens is 262 g/mol. The Hall–Kier alpha value is -1.26. The summed E-state index contributed by atoms with van der Waals surface area (Å²) in [6.07, 6.45) is 2.25. The van der Waals surface area contributed by atoms with Crippen LogP contribution in [0.4, 0.5) is 5.69 Å². The molecule has 0 bridgehead atoms. The van der Waals surface area contributed by atoms with Crippen LogP contribution in [0, 0.1) is 0 Å². The Kier molecular flexibility index (Phi) is 4.66. The number of carbonyl (C=O) groups is 1. The van der Waals surface area contributed by atoms with Crippen molar-refractivity contribution in [3.05, 3.63) is 28.8 Å². The molecule has 1 amide bonds. The average Bonchev–Trinajstić information content (AvgIpc) is 2.86. The molecule has 104 valence electrons. The first-order chi connectivity index (χ1) is 9.06. The number of nitrogens with zero attached hydrogens (tertiary/aromatic N) is 2. The number of likely N-dealkylation sites (N-methyl/N-ethyl adjacent to an activating group) is 1. The molecule has 0 radical (unpaired) electrons. The maximum atomic E-state index is 12.0. The standard InChI is InChI=1S/C14H20ClN3O/c1-17(10-14(19)18-6-2-3-7-18)9-11-4-5-12(15)8-13(11)16/h4-5,8H,2-3,6-7,9-10,16H2,1H3. The molecular formula is C14H20ClN3O. The molecule has 1 aliphatic rings. The van der Waals surface area contributed by atoms with Gasteiger partial charge >= 0.3 is 0 Å². The van der Waals surface area contributed by atoms with E-state index >= 15 is 0 Å². The summed E-state index contributed by atoms with van der Waals surface area (Å²) < 4.78 is 0. The minimum absolute atomic E-state index is 0.201. The van der Waals surface area contributed by atoms with E-state index in [0.29, 0.717) is 23.8 Å². The lowest BCUT2D eigenvalue weighted by atomic mass is 10.1. The Labute approximate surface area is 119 Å². The van der Waals surface area contributed by atoms with Crippen LogP contribution in [-0.2, 0) is 11.3 Å². The summed E-state index contributed by atoms with van der Waals surface area (Å²) in [4.78, 5) is 15.9. The van der Waals surface area contributed by atoms with Gasteiger partial charge in [0.05, 0.1) is 6.54 Å². The van der Waals surface area contributed by atoms with Gasteiger partial charge in [-0.05, 0) is 37.6 Å². The fourth-order valence-corrected chi connectivity index (χ4v) is 2.53. The van der Waals surface area contributed by atoms with Crippen LogP contribution in [0.1, 0.15) is 18.4 Å². The van der Waals surface area contributed by atoms with Gasteiger partial charge in [0.15, 0.2) is 0 Å². The van der Waals surface area contributed by atoms with Crippen LogP contribution in [-0.4, -0.2) is 42.4 Å². The number of likely N-dealkylation sites (tertiary alicyclic amines) is 1. The molecule has 5 heteroatoms. The largest absolute Gasteiger partial charge is 0.398 e. The Morgan fingerprint density at radius 2 is 2.11 bits per heavy atom. The summed E-state index contributed by atoms with van der Waals surface area (Å²) >= 11 is 5.87. The number of hydrogen-bond donors (Lipinski definition) is 1. The van der Waals surface area contributed by atoms with Crippen molar-refractivity contribution >= 4 is 23.2 Å². The van der Waals surface area contributed by atoms with Gasteiger partial charge in [0.25, 0.3) is 0 Å². The number of nitrogen functional groups attached to an aromatic ring is 1. The number of amides is 1. The molecule has 2 rings (SSSR count). The van der Waals surface area contributed by atoms with Gasteiger partial charge in [-0.3, -0.25) is 9.69 Å². The first-order valence-electron chi connectivity index (χ1n) is 6.56. The van der Waals surface area contributed by atoms with Crippen LogP contribution in [0.5, 0.6) is 0 Å². The molecule has 0 saturated carbocycles. The molecule has 2 N–H and O–H groups in total. The Morgan fingerprint density at radius 1 is 1.42 bits per heavy atom. The van der Waals surface area contributed by atoms with E-state index in [2.05, 4.69) is 0 Å². The number of hydrogen-bond acceptors (Lipinski definition) is 3. The molecule has 0 unspecified atom stereocenters. The van der Waals surface area contributed by atoms with E-state index in [1.807, 2.05) is 29.0 Å². The third-order valence-corrected chi connectivity index (χ3v) is 3.65. The van der Waals surface area contributed by atoms with Crippen LogP contribution >= 0.6 is 11.6 Å². The predicted molar refractivity (Wildman–Crippen MR) is 78.0 cm³/mol. The van der Waals surface area contributed by atoms with Crippen LogP contribution in [0.15, 0.2) is 18.2 Å². The summed E-state index contributed by atoms with van der Waals surface area (Å²) in [7, 11) is 1.93. The number of carbonyl (C=O) groups excluding carboxylic acids is 1. The number of halogens is 1. The minimum Gasteiger partial charge on any atom is -0.398 e. The van der Waals surface area contributed by atoms with Crippen molar-refractivity contribution in [2.75, 3.05) is 32.4 Å². The third-order valence-electron chi connectivity index (χ3n) is 3.41. The van der Waals surface area contributed by atoms with E-state index in [1.165, 1.54) is 0 Å². The fourth-order valence-electron chi connectivity index (χ4n) is 2.35. The molecule has 0 spiro atoms. The van der Waals surface area contributed by atoms with Gasteiger partial charge < -0.3 is 10.6 Å². The van der Waals surface area contributed by atoms with Crippen molar-refractivity contribution < 1.29 is 4.79 Å². The first kappa shape index (κ1) is 14.2. The second kappa shape index (κ2) is 6.26. The van der Waals surface area contributed by atoms with E-state index in [-0.39, 0.29) is 5.91 Å². The molecule has 0 aliphatic carbocycles. The SMILES string of the molecule is CN(CC(=O)N1CCCC1)Cc1ccc(Cl)cc1N. The lowest BCUT2D eigenvalue weighted by Crippen LogP contribution is -2.37. The number of anilines is 1. The second-order valence-electron chi connectivity index (χ2n) is 5.10. The van der Waals surface area contributed by atoms with Crippen molar-refractivity contribution in [1.82, 2.24) is 9.80 Å². The zero-order chi connectivity index (χ0) is 13.8. The number of benzene rings is 1. The van der Waals surface area contributed by atoms with Crippen molar-refractivity contribution in [3.8, 4) is 0 Å². The van der Waals surface area contributed by atoms with E-state index in [1.54, 1.807) is 6.07 Å². The van der Waals surface area contributed by atoms with E-state index < -0.39 is 0 Å². The van der Waals surface area contributed by atoms with Gasteiger partial charge in [0.2, 0.25) is 5.91 Å². The Balaban J connectivity index is 1.89. The van der Waals surface area contributed by atoms with Crippen molar-refractivity contribution in [2.24, 2.45) is 0 Å². The molecule has 0 aromatic heterocycles. The van der Waals surface area contributed by atoms with Gasteiger partial charge in [-0.25, -0.2) is 0 Å². The van der Waals surface area contributed by atoms with Crippen LogP contribution in [0.3, 0.4) is 0 Å². The summed E-state index contributed by atoms with van der Waals surface area (Å²) in [5, 5.41) is 0.636. The summed E-state index contributed by atoms with van der Waals surface area (Å²) in [6, 6.07) is 5.48. The third kappa shape index (κ3) is 3.85. The molecule has 1 aliphatic heterocycles. The van der Waals surface area contributed by atoms with Crippen molar-refractivity contribution in [2.45, 2.75) is 19.4 Å². The predicted octanol–water partition coefficient (Wildman–Crippen LogP) is 1.98. The van der Waals surface area contributed by atoms with E-state index in [9.17, 15) is 4.79 Å². The highest BCUT2D eigenvalue weighted by atomic mass is 35.5. The molecule has 0 atom stereocenters. The molecule has 1 saturated heterocycles. The summed E-state index contributed by atoms with van der Waals surface area (Å²) in [5.41, 5.74) is 7.59. The van der Waals surface area contributed by atoms with Gasteiger partial charge in [-0.15, -0.1) is 0 Å². The van der Waals surface area contributed by atoms with Crippen LogP contribution in [0.2, 0.25) is 5.02 Å². The number of rotatable bonds is 4. The number of nitrogens with two attached hydrogens (primary N) is 1. The first-order valence-corrected chi connectivity index (χ1v) is 6.94. The molecule has 19 heavy (non-hydrogen) atoms. The smallest absolute Gasteiger partial charge is 0.236 e. The molecule has 1 heterocycles. The fraction of sp³-hybridized carbons (Fsp3) is 0.500. The van der Waals surface area contributed by atoms with Crippen LogP contribution in [0.25, 0.3) is 0 Å². The normalized spacial score (nSPS) is 15.2. The topological polar surface area (TPSA) is 49.6 Å². The summed E-state index contributed by atoms with van der Waals surface area (Å²) in [5.74, 6) is 0.201. The van der Waals surface area contributed by atoms with Crippen LogP contribution < -0.4 is 5.73 Å². The molecule has 1 aromatic rings. The van der Waals surface area contributed by atoms with Crippen molar-refractivity contribution in [3.63, 3.8) is 0 Å². The highest BCUT2D eigenvalue weighted by Gasteiger charge is 2.19. The maximum absolute atomic E-state index is 12.0. The Bertz CT molecular complexity index is 458. The second-order valence-corrected chi connectivity index (χ2v) is 5.54. The monoisotopic (exact) mass is 281 g/mol. The van der Waals surface area contributed by atoms with Gasteiger partial charge in [0.1, 0.15) is 0 Å². The minimum atomic E-state index is 0.201. The zero-order valence-electron chi connectivity index (χ0n) is 11.2.